The molecule has 1 atom stereocenters. The van der Waals surface area contributed by atoms with Crippen LogP contribution in [0.3, 0.4) is 0 Å². The lowest BCUT2D eigenvalue weighted by atomic mass is 10.0. The highest BCUT2D eigenvalue weighted by molar-refractivity contribution is 6.02. The Balaban J connectivity index is 1.58. The second-order valence-electron chi connectivity index (χ2n) is 9.17. The van der Waals surface area contributed by atoms with Crippen LogP contribution in [0.15, 0.2) is 103 Å². The third-order valence-corrected chi connectivity index (χ3v) is 6.57. The number of hydrogen-bond acceptors (Lipinski definition) is 5. The highest BCUT2D eigenvalue weighted by Crippen LogP contribution is 2.32. The van der Waals surface area contributed by atoms with Crippen molar-refractivity contribution in [3.05, 3.63) is 120 Å². The molecule has 0 unspecified atom stereocenters. The number of benzene rings is 4. The summed E-state index contributed by atoms with van der Waals surface area (Å²) in [5, 5.41) is 11.4. The van der Waals surface area contributed by atoms with Crippen molar-refractivity contribution in [1.29, 1.82) is 0 Å². The molecule has 0 radical (unpaired) electrons. The molecule has 0 aliphatic heterocycles. The second kappa shape index (κ2) is 11.6. The van der Waals surface area contributed by atoms with Crippen molar-refractivity contribution in [2.24, 2.45) is 0 Å². The van der Waals surface area contributed by atoms with Crippen LogP contribution in [0.2, 0.25) is 0 Å². The van der Waals surface area contributed by atoms with Crippen molar-refractivity contribution in [2.75, 3.05) is 12.0 Å². The number of amides is 2. The summed E-state index contributed by atoms with van der Waals surface area (Å²) >= 11 is 0. The van der Waals surface area contributed by atoms with Crippen molar-refractivity contribution >= 4 is 28.5 Å². The van der Waals surface area contributed by atoms with E-state index in [2.05, 4.69) is 15.6 Å². The first-order chi connectivity index (χ1) is 19.0. The zero-order valence-electron chi connectivity index (χ0n) is 21.8. The average Bonchev–Trinajstić information content (AvgIpc) is 3.38. The number of ether oxygens (including phenoxy) is 1. The summed E-state index contributed by atoms with van der Waals surface area (Å²) in [5.74, 6) is -0.0254. The smallest absolute Gasteiger partial charge is 0.249 e. The normalized spacial score (nSPS) is 11.6. The van der Waals surface area contributed by atoms with Crippen molar-refractivity contribution in [3.8, 4) is 5.75 Å². The summed E-state index contributed by atoms with van der Waals surface area (Å²) in [5.41, 5.74) is 4.51. The topological polar surface area (TPSA) is 89.4 Å². The van der Waals surface area contributed by atoms with Gasteiger partial charge in [-0.3, -0.25) is 14.5 Å². The van der Waals surface area contributed by atoms with Crippen LogP contribution < -0.4 is 15.0 Å². The monoisotopic (exact) mass is 519 g/mol. The number of rotatable bonds is 9. The fourth-order valence-corrected chi connectivity index (χ4v) is 4.60. The van der Waals surface area contributed by atoms with Gasteiger partial charge in [-0.1, -0.05) is 78.0 Å². The molecular formula is C31H29N5O3. The molecule has 4 aromatic carbocycles. The molecular weight excluding hydrogens is 490 g/mol. The molecule has 0 spiro atoms. The van der Waals surface area contributed by atoms with Crippen LogP contribution in [-0.4, -0.2) is 33.9 Å². The minimum atomic E-state index is -0.966. The lowest BCUT2D eigenvalue weighted by Gasteiger charge is -2.32. The minimum absolute atomic E-state index is 0.0960. The van der Waals surface area contributed by atoms with Crippen LogP contribution in [0.25, 0.3) is 11.0 Å². The van der Waals surface area contributed by atoms with Crippen LogP contribution >= 0.6 is 0 Å². The van der Waals surface area contributed by atoms with Gasteiger partial charge >= 0.3 is 0 Å². The maximum Gasteiger partial charge on any atom is 0.249 e. The molecule has 196 valence electrons. The van der Waals surface area contributed by atoms with Crippen LogP contribution in [0.5, 0.6) is 5.75 Å². The molecule has 1 N–H and O–H groups in total. The quantitative estimate of drug-likeness (QED) is 0.301. The summed E-state index contributed by atoms with van der Waals surface area (Å²) in [4.78, 5) is 29.7. The molecule has 0 aliphatic carbocycles. The molecule has 0 saturated carbocycles. The number of aryl methyl sites for hydroxylation is 1. The number of carbonyl (C=O) groups is 2. The molecule has 5 aromatic rings. The number of nitrogens with zero attached hydrogens (tertiary/aromatic N) is 4. The Bertz CT molecular complexity index is 1600. The Morgan fingerprint density at radius 1 is 0.923 bits per heavy atom. The predicted molar refractivity (Wildman–Crippen MR) is 150 cm³/mol. The predicted octanol–water partition coefficient (Wildman–Crippen LogP) is 4.84. The number of anilines is 1. The van der Waals surface area contributed by atoms with Gasteiger partial charge in [0.05, 0.1) is 12.6 Å². The van der Waals surface area contributed by atoms with Gasteiger partial charge in [-0.15, -0.1) is 5.10 Å². The molecule has 0 saturated heterocycles. The van der Waals surface area contributed by atoms with E-state index in [-0.39, 0.29) is 18.4 Å². The molecule has 8 nitrogen and oxygen atoms in total. The molecule has 0 fully saturated rings. The summed E-state index contributed by atoms with van der Waals surface area (Å²) < 4.78 is 7.02. The largest absolute Gasteiger partial charge is 0.497 e. The lowest BCUT2D eigenvalue weighted by Crippen LogP contribution is -2.45. The first-order valence-corrected chi connectivity index (χ1v) is 12.7. The maximum atomic E-state index is 14.2. The zero-order valence-corrected chi connectivity index (χ0v) is 21.8. The van der Waals surface area contributed by atoms with Crippen LogP contribution in [-0.2, 0) is 22.7 Å². The molecule has 8 heteroatoms. The number of aromatic nitrogens is 3. The Morgan fingerprint density at radius 3 is 2.46 bits per heavy atom. The third-order valence-electron chi connectivity index (χ3n) is 6.57. The van der Waals surface area contributed by atoms with Gasteiger partial charge in [-0.05, 0) is 53.9 Å². The molecule has 39 heavy (non-hydrogen) atoms. The van der Waals surface area contributed by atoms with E-state index in [4.69, 9.17) is 4.74 Å². The first-order valence-electron chi connectivity index (χ1n) is 12.7. The Labute approximate surface area is 226 Å². The van der Waals surface area contributed by atoms with Gasteiger partial charge in [-0.25, -0.2) is 4.68 Å². The van der Waals surface area contributed by atoms with Gasteiger partial charge < -0.3 is 10.1 Å². The van der Waals surface area contributed by atoms with E-state index in [0.29, 0.717) is 29.1 Å². The van der Waals surface area contributed by atoms with Crippen LogP contribution in [0.4, 0.5) is 5.69 Å². The Morgan fingerprint density at radius 2 is 1.67 bits per heavy atom. The molecule has 5 rings (SSSR count). The van der Waals surface area contributed by atoms with Gasteiger partial charge in [0.2, 0.25) is 11.8 Å². The summed E-state index contributed by atoms with van der Waals surface area (Å²) in [7, 11) is 1.57. The SMILES string of the molecule is COc1cccc([C@@H](C(=O)NCc2ccccc2)N(C(=O)Cn2nnc3ccccc32)c2ccccc2C)c1. The van der Waals surface area contributed by atoms with Crippen LogP contribution in [0, 0.1) is 6.92 Å². The maximum absolute atomic E-state index is 14.2. The van der Waals surface area contributed by atoms with Gasteiger partial charge in [0.25, 0.3) is 0 Å². The average molecular weight is 520 g/mol. The molecule has 2 amide bonds. The standard InChI is InChI=1S/C31H29N5O3/c1-22-11-6-8-17-27(22)36(29(37)21-35-28-18-9-7-16-26(28)33-34-35)30(24-14-10-15-25(19-24)39-2)31(38)32-20-23-12-4-3-5-13-23/h3-19,30H,20-21H2,1-2H3,(H,32,38)/t30-/m0/s1. The van der Waals surface area contributed by atoms with Crippen molar-refractivity contribution in [3.63, 3.8) is 0 Å². The Kier molecular flexibility index (Phi) is 7.63. The van der Waals surface area contributed by atoms with Crippen molar-refractivity contribution in [1.82, 2.24) is 20.3 Å². The Hall–Kier alpha value is -4.98. The summed E-state index contributed by atoms with van der Waals surface area (Å²) in [6.45, 7) is 2.15. The number of methoxy groups -OCH3 is 1. The molecule has 1 aromatic heterocycles. The van der Waals surface area contributed by atoms with Crippen molar-refractivity contribution < 1.29 is 14.3 Å². The number of fused-ring (bicyclic) bond motifs is 1. The van der Waals surface area contributed by atoms with Crippen molar-refractivity contribution in [2.45, 2.75) is 26.1 Å². The van der Waals surface area contributed by atoms with E-state index >= 15 is 0 Å². The summed E-state index contributed by atoms with van der Waals surface area (Å²) in [6, 6.07) is 30.9. The zero-order chi connectivity index (χ0) is 27.2. The third kappa shape index (κ3) is 5.65. The molecule has 0 aliphatic rings. The highest BCUT2D eigenvalue weighted by atomic mass is 16.5. The number of nitrogens with one attached hydrogen (secondary N) is 1. The number of para-hydroxylation sites is 2. The molecule has 1 heterocycles. The number of carbonyl (C=O) groups excluding carboxylic acids is 2. The fraction of sp³-hybridized carbons (Fsp3) is 0.161. The summed E-state index contributed by atoms with van der Waals surface area (Å²) in [6.07, 6.45) is 0. The first kappa shape index (κ1) is 25.7. The van der Waals surface area contributed by atoms with Gasteiger partial charge in [-0.2, -0.15) is 0 Å². The lowest BCUT2D eigenvalue weighted by molar-refractivity contribution is -0.127. The van der Waals surface area contributed by atoms with Gasteiger partial charge in [0.1, 0.15) is 23.9 Å². The molecule has 0 bridgehead atoms. The fourth-order valence-electron chi connectivity index (χ4n) is 4.60. The van der Waals surface area contributed by atoms with E-state index in [1.165, 1.54) is 0 Å². The van der Waals surface area contributed by atoms with Gasteiger partial charge in [0, 0.05) is 12.2 Å². The van der Waals surface area contributed by atoms with E-state index in [9.17, 15) is 9.59 Å². The number of hydrogen-bond donors (Lipinski definition) is 1. The van der Waals surface area contributed by atoms with E-state index in [1.54, 1.807) is 22.8 Å². The highest BCUT2D eigenvalue weighted by Gasteiger charge is 2.34. The van der Waals surface area contributed by atoms with Gasteiger partial charge in [0.15, 0.2) is 0 Å². The van der Waals surface area contributed by atoms with E-state index in [0.717, 1.165) is 16.6 Å². The second-order valence-corrected chi connectivity index (χ2v) is 9.17. The van der Waals surface area contributed by atoms with E-state index in [1.807, 2.05) is 104 Å². The minimum Gasteiger partial charge on any atom is -0.497 e. The van der Waals surface area contributed by atoms with E-state index < -0.39 is 6.04 Å². The van der Waals surface area contributed by atoms with Crippen LogP contribution in [0.1, 0.15) is 22.7 Å².